The molecule has 19 heavy (non-hydrogen) atoms. The number of alkyl halides is 1. The maximum absolute atomic E-state index is 12.4. The molecule has 0 aliphatic carbocycles. The molecule has 1 rings (SSSR count). The van der Waals surface area contributed by atoms with Crippen molar-refractivity contribution in [2.45, 2.75) is 26.4 Å². The van der Waals surface area contributed by atoms with Crippen molar-refractivity contribution in [3.63, 3.8) is 0 Å². The van der Waals surface area contributed by atoms with Crippen molar-refractivity contribution in [3.05, 3.63) is 29.3 Å². The van der Waals surface area contributed by atoms with Crippen LogP contribution in [0.4, 0.5) is 5.69 Å². The number of hydrogen-bond donors (Lipinski definition) is 1. The van der Waals surface area contributed by atoms with Crippen LogP contribution in [0.1, 0.15) is 42.7 Å². The fourth-order valence-corrected chi connectivity index (χ4v) is 1.49. The van der Waals surface area contributed by atoms with Crippen LogP contribution in [0.2, 0.25) is 0 Å². The standard InChI is InChI=1S/C14H18ClNO3/c1-3-10-6-5-7-11(4-2)14(10)16(9-13(18)19)12(17)8-15/h5-7H,3-4,8-9H2,1-2H3,(H,18,19)/i1D3,2D3,3D2,4D2,5D,6D,7D. The highest BCUT2D eigenvalue weighted by Crippen LogP contribution is 2.27. The van der Waals surface area contributed by atoms with E-state index in [9.17, 15) is 14.7 Å². The zero-order valence-corrected chi connectivity index (χ0v) is 10.3. The number of nitrogens with zero attached hydrogens (tertiary/aromatic N) is 1. The largest absolute Gasteiger partial charge is 0.480 e. The summed E-state index contributed by atoms with van der Waals surface area (Å²) in [6.07, 6.45) is -7.18. The van der Waals surface area contributed by atoms with Gasteiger partial charge in [0, 0.05) is 13.7 Å². The van der Waals surface area contributed by atoms with E-state index < -0.39 is 85.7 Å². The predicted octanol–water partition coefficient (Wildman–Crippen LogP) is 2.47. The Bertz CT molecular complexity index is 873. The first-order valence-electron chi connectivity index (χ1n) is 11.4. The van der Waals surface area contributed by atoms with Gasteiger partial charge in [0.25, 0.3) is 0 Å². The number of amides is 1. The Morgan fingerprint density at radius 3 is 2.42 bits per heavy atom. The molecule has 0 spiro atoms. The van der Waals surface area contributed by atoms with Crippen LogP contribution in [0.5, 0.6) is 0 Å². The quantitative estimate of drug-likeness (QED) is 0.821. The summed E-state index contributed by atoms with van der Waals surface area (Å²) in [4.78, 5) is 23.9. The highest BCUT2D eigenvalue weighted by molar-refractivity contribution is 6.29. The van der Waals surface area contributed by atoms with Gasteiger partial charge in [0.05, 0.1) is 9.80 Å². The Morgan fingerprint density at radius 1 is 1.42 bits per heavy atom. The van der Waals surface area contributed by atoms with Crippen LogP contribution >= 0.6 is 11.6 Å². The summed E-state index contributed by atoms with van der Waals surface area (Å²) in [5, 5.41) is 9.21. The van der Waals surface area contributed by atoms with Gasteiger partial charge in [0.2, 0.25) is 5.91 Å². The minimum absolute atomic E-state index is 0.114. The van der Waals surface area contributed by atoms with E-state index in [0.717, 1.165) is 0 Å². The molecule has 1 amide bonds. The molecule has 0 unspecified atom stereocenters. The van der Waals surface area contributed by atoms with Gasteiger partial charge in [-0.15, -0.1) is 11.6 Å². The minimum Gasteiger partial charge on any atom is -0.480 e. The average Bonchev–Trinajstić information content (AvgIpc) is 2.60. The molecule has 1 N–H and O–H groups in total. The van der Waals surface area contributed by atoms with E-state index in [1.54, 1.807) is 0 Å². The first-order valence-corrected chi connectivity index (χ1v) is 5.40. The Kier molecular flexibility index (Phi) is 1.91. The number of hydrogen-bond acceptors (Lipinski definition) is 2. The molecule has 0 heterocycles. The first kappa shape index (κ1) is 5.09. The van der Waals surface area contributed by atoms with Crippen molar-refractivity contribution < 1.29 is 32.5 Å². The fraction of sp³-hybridized carbons (Fsp3) is 0.429. The van der Waals surface area contributed by atoms with E-state index in [0.29, 0.717) is 0 Å². The summed E-state index contributed by atoms with van der Waals surface area (Å²) in [7, 11) is 0. The summed E-state index contributed by atoms with van der Waals surface area (Å²) < 4.78 is 101. The van der Waals surface area contributed by atoms with Crippen LogP contribution in [0.25, 0.3) is 0 Å². The molecule has 5 heteroatoms. The predicted molar refractivity (Wildman–Crippen MR) is 75.9 cm³/mol. The molecule has 0 aliphatic rings. The lowest BCUT2D eigenvalue weighted by atomic mass is 10.0. The zero-order valence-electron chi connectivity index (χ0n) is 22.5. The molecule has 0 radical (unpaired) electrons. The number of rotatable bonds is 6. The van der Waals surface area contributed by atoms with E-state index in [-0.39, 0.29) is 4.90 Å². The van der Waals surface area contributed by atoms with Gasteiger partial charge in [-0.2, -0.15) is 0 Å². The van der Waals surface area contributed by atoms with Crippen LogP contribution in [0.3, 0.4) is 0 Å². The Hall–Kier alpha value is -1.55. The number of carboxylic acids is 1. The molecule has 0 aliphatic heterocycles. The van der Waals surface area contributed by atoms with Crippen molar-refractivity contribution in [1.82, 2.24) is 0 Å². The second-order valence-electron chi connectivity index (χ2n) is 3.23. The lowest BCUT2D eigenvalue weighted by molar-refractivity contribution is -0.136. The van der Waals surface area contributed by atoms with E-state index >= 15 is 0 Å². The maximum atomic E-state index is 12.4. The van der Waals surface area contributed by atoms with E-state index in [1.165, 1.54) is 0 Å². The van der Waals surface area contributed by atoms with Crippen LogP contribution in [-0.4, -0.2) is 29.4 Å². The summed E-state index contributed by atoms with van der Waals surface area (Å²) in [5.74, 6) is -4.05. The molecule has 0 saturated carbocycles. The average molecular weight is 297 g/mol. The van der Waals surface area contributed by atoms with Gasteiger partial charge in [-0.05, 0) is 23.9 Å². The molecule has 104 valence electrons. The van der Waals surface area contributed by atoms with E-state index in [1.807, 2.05) is 0 Å². The molecule has 0 saturated heterocycles. The number of carboxylic acid groups (broad SMARTS) is 1. The summed E-state index contributed by atoms with van der Waals surface area (Å²) in [6, 6.07) is -3.73. The Balaban J connectivity index is 4.48. The molecule has 0 atom stereocenters. The molecule has 1 aromatic carbocycles. The summed E-state index contributed by atoms with van der Waals surface area (Å²) in [5.41, 5.74) is -3.91. The number of para-hydroxylation sites is 1. The monoisotopic (exact) mass is 296 g/mol. The molecule has 1 aromatic rings. The van der Waals surface area contributed by atoms with Gasteiger partial charge in [-0.3, -0.25) is 14.5 Å². The number of anilines is 1. The van der Waals surface area contributed by atoms with Crippen LogP contribution in [-0.2, 0) is 22.3 Å². The smallest absolute Gasteiger partial charge is 0.323 e. The highest BCUT2D eigenvalue weighted by atomic mass is 35.5. The van der Waals surface area contributed by atoms with Gasteiger partial charge in [0.1, 0.15) is 12.4 Å². The molecular formula is C14H18ClNO3. The highest BCUT2D eigenvalue weighted by Gasteiger charge is 2.22. The Morgan fingerprint density at radius 2 is 2.00 bits per heavy atom. The minimum atomic E-state index is -3.59. The third-order valence-electron chi connectivity index (χ3n) is 2.08. The van der Waals surface area contributed by atoms with Gasteiger partial charge in [0.15, 0.2) is 0 Å². The molecular weight excluding hydrogens is 266 g/mol. The van der Waals surface area contributed by atoms with Gasteiger partial charge >= 0.3 is 5.97 Å². The van der Waals surface area contributed by atoms with Crippen molar-refractivity contribution in [3.8, 4) is 0 Å². The van der Waals surface area contributed by atoms with E-state index in [2.05, 4.69) is 0 Å². The SMILES string of the molecule is [2H]c1c([2H])c(C([2H])([2H])C([2H])([2H])[2H])c(N(CC(=O)O)C(=O)CCl)c(C([2H])([2H])C([2H])([2H])[2H])c1[2H]. The second kappa shape index (κ2) is 7.14. The van der Waals surface area contributed by atoms with Crippen molar-refractivity contribution in [2.75, 3.05) is 17.3 Å². The van der Waals surface area contributed by atoms with Crippen LogP contribution < -0.4 is 4.90 Å². The third kappa shape index (κ3) is 3.70. The third-order valence-corrected chi connectivity index (χ3v) is 2.31. The normalized spacial score (nSPS) is 23.1. The Labute approximate surface area is 136 Å². The molecule has 0 bridgehead atoms. The van der Waals surface area contributed by atoms with Gasteiger partial charge < -0.3 is 5.11 Å². The fourth-order valence-electron chi connectivity index (χ4n) is 1.35. The number of benzene rings is 1. The molecule has 4 nitrogen and oxygen atoms in total. The van der Waals surface area contributed by atoms with Gasteiger partial charge in [-0.25, -0.2) is 0 Å². The van der Waals surface area contributed by atoms with Crippen molar-refractivity contribution in [2.24, 2.45) is 0 Å². The lowest BCUT2D eigenvalue weighted by Crippen LogP contribution is -2.37. The summed E-state index contributed by atoms with van der Waals surface area (Å²) in [6.45, 7) is -8.53. The van der Waals surface area contributed by atoms with Gasteiger partial charge in [-0.1, -0.05) is 31.8 Å². The maximum Gasteiger partial charge on any atom is 0.323 e. The van der Waals surface area contributed by atoms with Crippen LogP contribution in [0, 0.1) is 0 Å². The van der Waals surface area contributed by atoms with Crippen molar-refractivity contribution >= 4 is 29.2 Å². The zero-order chi connectivity index (χ0) is 25.6. The second-order valence-corrected chi connectivity index (χ2v) is 3.50. The first-order chi connectivity index (χ1) is 14.1. The van der Waals surface area contributed by atoms with Crippen molar-refractivity contribution in [1.29, 1.82) is 0 Å². The number of carbonyl (C=O) groups is 2. The van der Waals surface area contributed by atoms with Crippen LogP contribution in [0.15, 0.2) is 18.1 Å². The summed E-state index contributed by atoms with van der Waals surface area (Å²) >= 11 is 5.48. The van der Waals surface area contributed by atoms with E-state index in [4.69, 9.17) is 29.4 Å². The topological polar surface area (TPSA) is 57.6 Å². The molecule has 0 aromatic heterocycles. The lowest BCUT2D eigenvalue weighted by Gasteiger charge is -2.25. The number of carbonyl (C=O) groups excluding carboxylic acids is 1. The number of aliphatic carboxylic acids is 1. The molecule has 0 fully saturated rings. The number of halogens is 1.